The van der Waals surface area contributed by atoms with Crippen LogP contribution in [0, 0.1) is 0 Å². The lowest BCUT2D eigenvalue weighted by Crippen LogP contribution is -2.49. The smallest absolute Gasteiger partial charge is 0.273 e. The van der Waals surface area contributed by atoms with E-state index in [1.165, 1.54) is 0 Å². The number of carbonyl (C=O) groups excluding carboxylic acids is 1. The van der Waals surface area contributed by atoms with Crippen LogP contribution in [0.5, 0.6) is 0 Å². The van der Waals surface area contributed by atoms with E-state index in [2.05, 4.69) is 15.5 Å². The number of aliphatic hydroxyl groups excluding tert-OH is 1. The molecule has 6 nitrogen and oxygen atoms in total. The van der Waals surface area contributed by atoms with Gasteiger partial charge in [-0.05, 0) is 25.0 Å². The molecule has 3 rings (SSSR count). The van der Waals surface area contributed by atoms with Gasteiger partial charge in [0.05, 0.1) is 12.1 Å². The van der Waals surface area contributed by atoms with Crippen LogP contribution in [0.4, 0.5) is 0 Å². The molecular weight excluding hydrogens is 270 g/mol. The summed E-state index contributed by atoms with van der Waals surface area (Å²) in [4.78, 5) is 16.3. The third kappa shape index (κ3) is 2.80. The van der Waals surface area contributed by atoms with Crippen LogP contribution in [-0.4, -0.2) is 33.3 Å². The Labute approximate surface area is 122 Å². The number of aliphatic hydroxyl groups is 1. The summed E-state index contributed by atoms with van der Waals surface area (Å²) in [6.07, 6.45) is 6.93. The number of pyridine rings is 1. The molecule has 0 bridgehead atoms. The summed E-state index contributed by atoms with van der Waals surface area (Å²) >= 11 is 0. The summed E-state index contributed by atoms with van der Waals surface area (Å²) in [5, 5.41) is 16.2. The molecule has 0 spiro atoms. The fourth-order valence-corrected chi connectivity index (χ4v) is 2.71. The zero-order valence-electron chi connectivity index (χ0n) is 11.6. The minimum absolute atomic E-state index is 0.0495. The molecule has 0 saturated heterocycles. The first-order valence-electron chi connectivity index (χ1n) is 7.03. The first-order chi connectivity index (χ1) is 10.2. The van der Waals surface area contributed by atoms with Gasteiger partial charge in [0.25, 0.3) is 5.91 Å². The number of rotatable bonds is 4. The summed E-state index contributed by atoms with van der Waals surface area (Å²) in [7, 11) is 0. The standard InChI is InChI=1S/C15H17N3O3/c19-10-15(5-1-2-6-15)17-14(20)12-8-13(21-18-12)11-4-3-7-16-9-11/h3-4,7-9,19H,1-2,5-6,10H2,(H,17,20). The van der Waals surface area contributed by atoms with Gasteiger partial charge >= 0.3 is 0 Å². The topological polar surface area (TPSA) is 88.2 Å². The molecule has 1 saturated carbocycles. The highest BCUT2D eigenvalue weighted by Gasteiger charge is 2.35. The lowest BCUT2D eigenvalue weighted by atomic mass is 9.98. The van der Waals surface area contributed by atoms with Gasteiger partial charge in [0.15, 0.2) is 11.5 Å². The van der Waals surface area contributed by atoms with Gasteiger partial charge < -0.3 is 14.9 Å². The zero-order chi connectivity index (χ0) is 14.7. The number of aromatic nitrogens is 2. The molecule has 0 radical (unpaired) electrons. The van der Waals surface area contributed by atoms with Crippen LogP contribution in [-0.2, 0) is 0 Å². The average molecular weight is 287 g/mol. The number of nitrogens with one attached hydrogen (secondary N) is 1. The maximum absolute atomic E-state index is 12.2. The second kappa shape index (κ2) is 5.65. The average Bonchev–Trinajstić information content (AvgIpc) is 3.18. The number of hydrogen-bond donors (Lipinski definition) is 2. The first-order valence-corrected chi connectivity index (χ1v) is 7.03. The molecule has 2 aromatic rings. The Kier molecular flexibility index (Phi) is 3.70. The molecule has 1 aliphatic carbocycles. The minimum Gasteiger partial charge on any atom is -0.394 e. The summed E-state index contributed by atoms with van der Waals surface area (Å²) < 4.78 is 5.19. The molecule has 2 aromatic heterocycles. The van der Waals surface area contributed by atoms with Crippen molar-refractivity contribution >= 4 is 5.91 Å². The summed E-state index contributed by atoms with van der Waals surface area (Å²) in [5.74, 6) is 0.183. The van der Waals surface area contributed by atoms with E-state index in [4.69, 9.17) is 4.52 Å². The first kappa shape index (κ1) is 13.8. The highest BCUT2D eigenvalue weighted by atomic mass is 16.5. The van der Waals surface area contributed by atoms with E-state index < -0.39 is 5.54 Å². The van der Waals surface area contributed by atoms with Gasteiger partial charge in [-0.15, -0.1) is 0 Å². The summed E-state index contributed by atoms with van der Waals surface area (Å²) in [6, 6.07) is 5.21. The maximum Gasteiger partial charge on any atom is 0.273 e. The Morgan fingerprint density at radius 3 is 2.90 bits per heavy atom. The van der Waals surface area contributed by atoms with Crippen molar-refractivity contribution in [2.24, 2.45) is 0 Å². The molecule has 21 heavy (non-hydrogen) atoms. The lowest BCUT2D eigenvalue weighted by molar-refractivity contribution is 0.0829. The largest absolute Gasteiger partial charge is 0.394 e. The van der Waals surface area contributed by atoms with E-state index in [1.807, 2.05) is 6.07 Å². The van der Waals surface area contributed by atoms with Crippen molar-refractivity contribution in [1.29, 1.82) is 0 Å². The fourth-order valence-electron chi connectivity index (χ4n) is 2.71. The Hall–Kier alpha value is -2.21. The van der Waals surface area contributed by atoms with Gasteiger partial charge in [-0.2, -0.15) is 0 Å². The van der Waals surface area contributed by atoms with Crippen molar-refractivity contribution in [3.8, 4) is 11.3 Å². The van der Waals surface area contributed by atoms with Crippen LogP contribution in [0.3, 0.4) is 0 Å². The van der Waals surface area contributed by atoms with Gasteiger partial charge in [-0.1, -0.05) is 18.0 Å². The minimum atomic E-state index is -0.509. The Balaban J connectivity index is 1.75. The normalized spacial score (nSPS) is 16.8. The van der Waals surface area contributed by atoms with Gasteiger partial charge in [0, 0.05) is 24.0 Å². The molecule has 2 heterocycles. The van der Waals surface area contributed by atoms with Crippen LogP contribution >= 0.6 is 0 Å². The SMILES string of the molecule is O=C(NC1(CO)CCCC1)c1cc(-c2cccnc2)on1. The summed E-state index contributed by atoms with van der Waals surface area (Å²) in [5.41, 5.74) is 0.472. The van der Waals surface area contributed by atoms with Crippen LogP contribution < -0.4 is 5.32 Å². The van der Waals surface area contributed by atoms with E-state index >= 15 is 0 Å². The monoisotopic (exact) mass is 287 g/mol. The van der Waals surface area contributed by atoms with E-state index in [0.29, 0.717) is 5.76 Å². The quantitative estimate of drug-likeness (QED) is 0.894. The Morgan fingerprint density at radius 1 is 1.43 bits per heavy atom. The third-order valence-corrected chi connectivity index (χ3v) is 3.93. The predicted octanol–water partition coefficient (Wildman–Crippen LogP) is 1.77. The van der Waals surface area contributed by atoms with Gasteiger partial charge in [-0.3, -0.25) is 9.78 Å². The molecule has 0 aliphatic heterocycles. The highest BCUT2D eigenvalue weighted by Crippen LogP contribution is 2.29. The molecule has 6 heteroatoms. The molecule has 1 amide bonds. The lowest BCUT2D eigenvalue weighted by Gasteiger charge is -2.27. The molecule has 1 fully saturated rings. The number of amides is 1. The van der Waals surface area contributed by atoms with E-state index in [-0.39, 0.29) is 18.2 Å². The van der Waals surface area contributed by atoms with Crippen LogP contribution in [0.2, 0.25) is 0 Å². The second-order valence-electron chi connectivity index (χ2n) is 5.42. The molecular formula is C15H17N3O3. The van der Waals surface area contributed by atoms with E-state index in [9.17, 15) is 9.90 Å². The van der Waals surface area contributed by atoms with Gasteiger partial charge in [-0.25, -0.2) is 0 Å². The highest BCUT2D eigenvalue weighted by molar-refractivity contribution is 5.93. The summed E-state index contributed by atoms with van der Waals surface area (Å²) in [6.45, 7) is -0.0495. The molecule has 0 unspecified atom stereocenters. The number of hydrogen-bond acceptors (Lipinski definition) is 5. The molecule has 2 N–H and O–H groups in total. The van der Waals surface area contributed by atoms with Crippen LogP contribution in [0.25, 0.3) is 11.3 Å². The zero-order valence-corrected chi connectivity index (χ0v) is 11.6. The van der Waals surface area contributed by atoms with Crippen molar-refractivity contribution in [2.75, 3.05) is 6.61 Å². The van der Waals surface area contributed by atoms with E-state index in [1.54, 1.807) is 24.5 Å². The van der Waals surface area contributed by atoms with Crippen molar-refractivity contribution in [1.82, 2.24) is 15.5 Å². The Bertz CT molecular complexity index is 618. The van der Waals surface area contributed by atoms with E-state index in [0.717, 1.165) is 31.2 Å². The molecule has 1 aliphatic rings. The third-order valence-electron chi connectivity index (χ3n) is 3.93. The second-order valence-corrected chi connectivity index (χ2v) is 5.42. The van der Waals surface area contributed by atoms with Crippen molar-refractivity contribution in [3.63, 3.8) is 0 Å². The number of nitrogens with zero attached hydrogens (tertiary/aromatic N) is 2. The molecule has 0 atom stereocenters. The van der Waals surface area contributed by atoms with Crippen LogP contribution in [0.15, 0.2) is 35.1 Å². The molecule has 0 aromatic carbocycles. The van der Waals surface area contributed by atoms with Gasteiger partial charge in [0.2, 0.25) is 0 Å². The molecule has 110 valence electrons. The van der Waals surface area contributed by atoms with Crippen molar-refractivity contribution < 1.29 is 14.4 Å². The number of carbonyl (C=O) groups is 1. The van der Waals surface area contributed by atoms with Gasteiger partial charge in [0.1, 0.15) is 0 Å². The van der Waals surface area contributed by atoms with Crippen molar-refractivity contribution in [2.45, 2.75) is 31.2 Å². The Morgan fingerprint density at radius 2 is 2.24 bits per heavy atom. The van der Waals surface area contributed by atoms with Crippen molar-refractivity contribution in [3.05, 3.63) is 36.3 Å². The predicted molar refractivity (Wildman–Crippen MR) is 75.5 cm³/mol. The maximum atomic E-state index is 12.2. The van der Waals surface area contributed by atoms with Crippen LogP contribution in [0.1, 0.15) is 36.2 Å². The fraction of sp³-hybridized carbons (Fsp3) is 0.400.